The van der Waals surface area contributed by atoms with Gasteiger partial charge in [0, 0.05) is 26.6 Å². The number of aliphatic imine (C=N–C) groups is 1. The van der Waals surface area contributed by atoms with E-state index in [2.05, 4.69) is 4.99 Å². The average Bonchev–Trinajstić information content (AvgIpc) is 2.25. The van der Waals surface area contributed by atoms with Gasteiger partial charge in [0.15, 0.2) is 0 Å². The van der Waals surface area contributed by atoms with E-state index in [1.165, 1.54) is 0 Å². The molecule has 0 heterocycles. The van der Waals surface area contributed by atoms with Crippen LogP contribution in [-0.2, 0) is 4.74 Å². The molecule has 0 spiro atoms. The maximum Gasteiger partial charge on any atom is 0.286 e. The lowest BCUT2D eigenvalue weighted by Gasteiger charge is -2.30. The molecule has 5 heteroatoms. The molecule has 94 valence electrons. The Morgan fingerprint density at radius 3 is 2.56 bits per heavy atom. The topological polar surface area (TPSA) is 65.3 Å². The van der Waals surface area contributed by atoms with Crippen LogP contribution in [0.5, 0.6) is 0 Å². The van der Waals surface area contributed by atoms with E-state index >= 15 is 0 Å². The van der Waals surface area contributed by atoms with Crippen LogP contribution in [-0.4, -0.2) is 61.1 Å². The first kappa shape index (κ1) is 13.3. The van der Waals surface area contributed by atoms with Crippen molar-refractivity contribution in [1.82, 2.24) is 4.90 Å². The molecule has 0 aromatic carbocycles. The van der Waals surface area contributed by atoms with Crippen LogP contribution in [0.2, 0.25) is 0 Å². The molecule has 0 bridgehead atoms. The first-order chi connectivity index (χ1) is 7.58. The Labute approximate surface area is 96.7 Å². The number of methoxy groups -OCH3 is 1. The van der Waals surface area contributed by atoms with Crippen LogP contribution in [0.25, 0.3) is 0 Å². The Kier molecular flexibility index (Phi) is 5.02. The average molecular weight is 230 g/mol. The molecule has 3 atom stereocenters. The molecule has 0 amide bonds. The van der Waals surface area contributed by atoms with Gasteiger partial charge in [-0.3, -0.25) is 0 Å². The number of aliphatic hydroxyl groups is 2. The van der Waals surface area contributed by atoms with Gasteiger partial charge in [0.05, 0.1) is 19.3 Å². The van der Waals surface area contributed by atoms with Gasteiger partial charge in [0.2, 0.25) is 0 Å². The van der Waals surface area contributed by atoms with Crippen LogP contribution in [0, 0.1) is 5.92 Å². The maximum absolute atomic E-state index is 9.78. The van der Waals surface area contributed by atoms with Crippen molar-refractivity contribution in [2.75, 3.05) is 27.8 Å². The van der Waals surface area contributed by atoms with Crippen molar-refractivity contribution in [2.24, 2.45) is 10.9 Å². The highest BCUT2D eigenvalue weighted by atomic mass is 16.5. The minimum absolute atomic E-state index is 0.0109. The number of ether oxygens (including phenoxy) is 1. The zero-order chi connectivity index (χ0) is 12.1. The van der Waals surface area contributed by atoms with Crippen molar-refractivity contribution in [2.45, 2.75) is 31.4 Å². The van der Waals surface area contributed by atoms with Gasteiger partial charge >= 0.3 is 0 Å². The van der Waals surface area contributed by atoms with Crippen molar-refractivity contribution in [3.05, 3.63) is 0 Å². The largest absolute Gasteiger partial charge is 0.468 e. The fourth-order valence-corrected chi connectivity index (χ4v) is 2.03. The molecule has 0 aromatic rings. The monoisotopic (exact) mass is 230 g/mol. The standard InChI is InChI=1S/C11H22N2O3/c1-13(2)11(16-3)12-9-5-4-8(7-14)10(15)6-9/h8-10,14-15H,4-7H2,1-3H3/t8?,9-,10-/m0/s1. The third kappa shape index (κ3) is 3.35. The Morgan fingerprint density at radius 2 is 2.12 bits per heavy atom. The van der Waals surface area contributed by atoms with E-state index in [1.54, 1.807) is 7.11 Å². The molecule has 1 aliphatic carbocycles. The number of amidine groups is 1. The van der Waals surface area contributed by atoms with E-state index in [4.69, 9.17) is 9.84 Å². The minimum atomic E-state index is -0.451. The Balaban J connectivity index is 2.57. The van der Waals surface area contributed by atoms with Crippen LogP contribution in [0.15, 0.2) is 4.99 Å². The normalized spacial score (nSPS) is 31.3. The molecule has 1 unspecified atom stereocenters. The van der Waals surface area contributed by atoms with Crippen molar-refractivity contribution < 1.29 is 14.9 Å². The van der Waals surface area contributed by atoms with E-state index in [0.29, 0.717) is 12.4 Å². The highest BCUT2D eigenvalue weighted by Crippen LogP contribution is 2.26. The van der Waals surface area contributed by atoms with Gasteiger partial charge in [-0.25, -0.2) is 4.99 Å². The lowest BCUT2D eigenvalue weighted by Crippen LogP contribution is -2.35. The highest BCUT2D eigenvalue weighted by Gasteiger charge is 2.28. The SMILES string of the molecule is COC(=N[C@H]1CCC(CO)[C@@H](O)C1)N(C)C. The summed E-state index contributed by atoms with van der Waals surface area (Å²) in [5, 5.41) is 18.8. The summed E-state index contributed by atoms with van der Waals surface area (Å²) in [5.74, 6) is 0.0109. The van der Waals surface area contributed by atoms with E-state index < -0.39 is 6.10 Å². The van der Waals surface area contributed by atoms with Crippen LogP contribution >= 0.6 is 0 Å². The molecule has 2 N–H and O–H groups in total. The van der Waals surface area contributed by atoms with E-state index in [0.717, 1.165) is 12.8 Å². The predicted octanol–water partition coefficient (Wildman–Crippen LogP) is 0.0723. The molecule has 0 aromatic heterocycles. The minimum Gasteiger partial charge on any atom is -0.468 e. The van der Waals surface area contributed by atoms with Gasteiger partial charge in [-0.2, -0.15) is 0 Å². The summed E-state index contributed by atoms with van der Waals surface area (Å²) in [6.07, 6.45) is 1.86. The summed E-state index contributed by atoms with van der Waals surface area (Å²) in [5.41, 5.74) is 0. The van der Waals surface area contributed by atoms with Crippen LogP contribution in [0.1, 0.15) is 19.3 Å². The molecule has 0 aliphatic heterocycles. The summed E-state index contributed by atoms with van der Waals surface area (Å²) in [7, 11) is 5.34. The van der Waals surface area contributed by atoms with E-state index in [-0.39, 0.29) is 18.6 Å². The number of hydrogen-bond donors (Lipinski definition) is 2. The molecule has 0 saturated heterocycles. The Bertz CT molecular complexity index is 243. The molecule has 1 rings (SSSR count). The molecule has 0 radical (unpaired) electrons. The van der Waals surface area contributed by atoms with Crippen molar-refractivity contribution in [3.63, 3.8) is 0 Å². The molecule has 1 fully saturated rings. The fourth-order valence-electron chi connectivity index (χ4n) is 2.03. The molecule has 16 heavy (non-hydrogen) atoms. The van der Waals surface area contributed by atoms with Crippen LogP contribution in [0.4, 0.5) is 0 Å². The predicted molar refractivity (Wildman–Crippen MR) is 62.4 cm³/mol. The van der Waals surface area contributed by atoms with Crippen LogP contribution in [0.3, 0.4) is 0 Å². The summed E-state index contributed by atoms with van der Waals surface area (Å²) < 4.78 is 5.15. The zero-order valence-electron chi connectivity index (χ0n) is 10.3. The van der Waals surface area contributed by atoms with Gasteiger partial charge in [0.1, 0.15) is 0 Å². The maximum atomic E-state index is 9.78. The highest BCUT2D eigenvalue weighted by molar-refractivity contribution is 5.73. The third-order valence-electron chi connectivity index (χ3n) is 3.02. The van der Waals surface area contributed by atoms with Gasteiger partial charge in [0.25, 0.3) is 6.02 Å². The molecule has 1 saturated carbocycles. The second-order valence-corrected chi connectivity index (χ2v) is 4.49. The third-order valence-corrected chi connectivity index (χ3v) is 3.02. The van der Waals surface area contributed by atoms with Crippen molar-refractivity contribution >= 4 is 6.02 Å². The first-order valence-corrected chi connectivity index (χ1v) is 5.66. The molecular formula is C11H22N2O3. The van der Waals surface area contributed by atoms with E-state index in [9.17, 15) is 5.11 Å². The molecule has 1 aliphatic rings. The van der Waals surface area contributed by atoms with Gasteiger partial charge in [-0.1, -0.05) is 0 Å². The number of nitrogens with zero attached hydrogens (tertiary/aromatic N) is 2. The smallest absolute Gasteiger partial charge is 0.286 e. The second kappa shape index (κ2) is 6.06. The number of rotatable bonds is 2. The summed E-state index contributed by atoms with van der Waals surface area (Å²) in [4.78, 5) is 6.26. The quantitative estimate of drug-likeness (QED) is 0.520. The van der Waals surface area contributed by atoms with Crippen molar-refractivity contribution in [3.8, 4) is 0 Å². The number of hydrogen-bond acceptors (Lipinski definition) is 4. The second-order valence-electron chi connectivity index (χ2n) is 4.49. The van der Waals surface area contributed by atoms with Gasteiger partial charge in [-0.05, 0) is 19.3 Å². The molecule has 5 nitrogen and oxygen atoms in total. The Hall–Kier alpha value is -0.810. The fraction of sp³-hybridized carbons (Fsp3) is 0.909. The van der Waals surface area contributed by atoms with Gasteiger partial charge < -0.3 is 19.8 Å². The summed E-state index contributed by atoms with van der Waals surface area (Å²) >= 11 is 0. The van der Waals surface area contributed by atoms with E-state index in [1.807, 2.05) is 19.0 Å². The first-order valence-electron chi connectivity index (χ1n) is 5.66. The summed E-state index contributed by atoms with van der Waals surface area (Å²) in [6, 6.07) is 0.676. The molecular weight excluding hydrogens is 208 g/mol. The van der Waals surface area contributed by atoms with Crippen molar-refractivity contribution in [1.29, 1.82) is 0 Å². The van der Waals surface area contributed by atoms with Crippen LogP contribution < -0.4 is 0 Å². The zero-order valence-corrected chi connectivity index (χ0v) is 10.3. The lowest BCUT2D eigenvalue weighted by atomic mass is 9.84. The summed E-state index contributed by atoms with van der Waals surface area (Å²) in [6.45, 7) is 0.0580. The lowest BCUT2D eigenvalue weighted by molar-refractivity contribution is 0.0293. The number of aliphatic hydroxyl groups excluding tert-OH is 2. The van der Waals surface area contributed by atoms with Gasteiger partial charge in [-0.15, -0.1) is 0 Å². The Morgan fingerprint density at radius 1 is 1.44 bits per heavy atom.